The van der Waals surface area contributed by atoms with Crippen molar-refractivity contribution < 1.29 is 0 Å². The van der Waals surface area contributed by atoms with E-state index in [0.29, 0.717) is 5.15 Å². The zero-order valence-corrected chi connectivity index (χ0v) is 13.4. The van der Waals surface area contributed by atoms with Crippen LogP contribution in [0.1, 0.15) is 18.3 Å². The van der Waals surface area contributed by atoms with Crippen molar-refractivity contribution >= 4 is 50.4 Å². The molecule has 104 valence electrons. The molecule has 0 aromatic carbocycles. The van der Waals surface area contributed by atoms with E-state index in [1.165, 1.54) is 10.6 Å². The maximum Gasteiger partial charge on any atom is 0.187 e. The lowest BCUT2D eigenvalue weighted by Gasteiger charge is -2.05. The van der Waals surface area contributed by atoms with E-state index < -0.39 is 0 Å². The van der Waals surface area contributed by atoms with E-state index in [-0.39, 0.29) is 0 Å². The van der Waals surface area contributed by atoms with Crippen LogP contribution in [0.15, 0.2) is 23.2 Å². The molecule has 3 heterocycles. The van der Waals surface area contributed by atoms with Gasteiger partial charge in [0.1, 0.15) is 5.15 Å². The van der Waals surface area contributed by atoms with Crippen LogP contribution in [-0.2, 0) is 0 Å². The first kappa shape index (κ1) is 13.7. The van der Waals surface area contributed by atoms with Gasteiger partial charge in [0, 0.05) is 11.1 Å². The molecule has 2 N–H and O–H groups in total. The van der Waals surface area contributed by atoms with Gasteiger partial charge in [0.25, 0.3) is 0 Å². The molecule has 0 spiro atoms. The van der Waals surface area contributed by atoms with E-state index in [0.717, 1.165) is 28.1 Å². The third kappa shape index (κ3) is 2.77. The van der Waals surface area contributed by atoms with Crippen molar-refractivity contribution in [2.45, 2.75) is 13.8 Å². The first-order chi connectivity index (χ1) is 9.63. The van der Waals surface area contributed by atoms with Gasteiger partial charge in [-0.2, -0.15) is 0 Å². The fourth-order valence-corrected chi connectivity index (χ4v) is 3.84. The SMILES string of the molecule is CC1=C(c2csc(Nc3ccc(Cl)nc3C)n2)SCN1. The summed E-state index contributed by atoms with van der Waals surface area (Å²) in [7, 11) is 0. The molecule has 0 atom stereocenters. The molecule has 2 aromatic rings. The number of hydrogen-bond acceptors (Lipinski definition) is 6. The molecule has 0 fully saturated rings. The second-order valence-electron chi connectivity index (χ2n) is 4.35. The topological polar surface area (TPSA) is 49.8 Å². The van der Waals surface area contributed by atoms with Crippen LogP contribution in [0.25, 0.3) is 4.91 Å². The third-order valence-electron chi connectivity index (χ3n) is 2.92. The molecule has 0 unspecified atom stereocenters. The van der Waals surface area contributed by atoms with Crippen LogP contribution in [0.2, 0.25) is 5.15 Å². The molecule has 1 aliphatic rings. The summed E-state index contributed by atoms with van der Waals surface area (Å²) >= 11 is 9.23. The van der Waals surface area contributed by atoms with Gasteiger partial charge in [-0.05, 0) is 26.0 Å². The van der Waals surface area contributed by atoms with Crippen molar-refractivity contribution in [3.8, 4) is 0 Å². The second-order valence-corrected chi connectivity index (χ2v) is 6.58. The highest BCUT2D eigenvalue weighted by Crippen LogP contribution is 2.35. The summed E-state index contributed by atoms with van der Waals surface area (Å²) in [4.78, 5) is 10.1. The van der Waals surface area contributed by atoms with Crippen LogP contribution in [0.4, 0.5) is 10.8 Å². The van der Waals surface area contributed by atoms with Crippen LogP contribution in [0, 0.1) is 6.92 Å². The van der Waals surface area contributed by atoms with Gasteiger partial charge in [-0.3, -0.25) is 0 Å². The van der Waals surface area contributed by atoms with E-state index in [9.17, 15) is 0 Å². The largest absolute Gasteiger partial charge is 0.378 e. The maximum atomic E-state index is 5.86. The molecule has 0 saturated carbocycles. The Hall–Kier alpha value is -1.24. The van der Waals surface area contributed by atoms with E-state index in [2.05, 4.69) is 32.9 Å². The van der Waals surface area contributed by atoms with E-state index in [1.807, 2.05) is 13.0 Å². The Morgan fingerprint density at radius 3 is 2.85 bits per heavy atom. The molecular weight excluding hydrogens is 312 g/mol. The van der Waals surface area contributed by atoms with Crippen molar-refractivity contribution in [2.75, 3.05) is 11.2 Å². The highest BCUT2D eigenvalue weighted by molar-refractivity contribution is 8.08. The Morgan fingerprint density at radius 2 is 2.15 bits per heavy atom. The zero-order valence-electron chi connectivity index (χ0n) is 11.0. The number of aromatic nitrogens is 2. The van der Waals surface area contributed by atoms with Gasteiger partial charge in [0.05, 0.1) is 27.9 Å². The molecule has 0 saturated heterocycles. The Morgan fingerprint density at radius 1 is 1.30 bits per heavy atom. The number of thioether (sulfide) groups is 1. The quantitative estimate of drug-likeness (QED) is 0.828. The molecule has 1 aliphatic heterocycles. The number of halogens is 1. The Balaban J connectivity index is 1.82. The fraction of sp³-hybridized carbons (Fsp3) is 0.231. The summed E-state index contributed by atoms with van der Waals surface area (Å²) in [5.74, 6) is 0.918. The number of allylic oxidation sites excluding steroid dienone is 1. The Labute approximate surface area is 130 Å². The summed E-state index contributed by atoms with van der Waals surface area (Å²) < 4.78 is 0. The number of nitrogens with zero attached hydrogens (tertiary/aromatic N) is 2. The first-order valence-electron chi connectivity index (χ1n) is 6.07. The number of hydrogen-bond donors (Lipinski definition) is 2. The van der Waals surface area contributed by atoms with Crippen LogP contribution in [0.5, 0.6) is 0 Å². The molecule has 20 heavy (non-hydrogen) atoms. The first-order valence-corrected chi connectivity index (χ1v) is 8.31. The number of thiazole rings is 1. The minimum absolute atomic E-state index is 0.502. The number of nitrogens with one attached hydrogen (secondary N) is 2. The molecule has 0 radical (unpaired) electrons. The summed E-state index contributed by atoms with van der Waals surface area (Å²) in [6.45, 7) is 4.00. The fourth-order valence-electron chi connectivity index (χ4n) is 1.88. The van der Waals surface area contributed by atoms with Crippen LogP contribution < -0.4 is 10.6 Å². The van der Waals surface area contributed by atoms with Gasteiger partial charge in [-0.1, -0.05) is 11.6 Å². The average Bonchev–Trinajstić information content (AvgIpc) is 3.01. The molecule has 0 amide bonds. The molecule has 2 aromatic heterocycles. The van der Waals surface area contributed by atoms with E-state index >= 15 is 0 Å². The average molecular weight is 325 g/mol. The van der Waals surface area contributed by atoms with Gasteiger partial charge in [-0.15, -0.1) is 23.1 Å². The smallest absolute Gasteiger partial charge is 0.187 e. The Bertz CT molecular complexity index is 681. The molecule has 4 nitrogen and oxygen atoms in total. The Kier molecular flexibility index (Phi) is 3.87. The normalized spacial score (nSPS) is 14.6. The second kappa shape index (κ2) is 5.63. The summed E-state index contributed by atoms with van der Waals surface area (Å²) in [5, 5.41) is 10.0. The van der Waals surface area contributed by atoms with Crippen molar-refractivity contribution in [3.63, 3.8) is 0 Å². The van der Waals surface area contributed by atoms with Gasteiger partial charge in [-0.25, -0.2) is 9.97 Å². The standard InChI is InChI=1S/C13H13ClN4S2/c1-7-9(3-4-11(14)16-7)17-13-18-10(5-19-13)12-8(2)15-6-20-12/h3-5,15H,6H2,1-2H3,(H,17,18). The van der Waals surface area contributed by atoms with Crippen molar-refractivity contribution in [1.82, 2.24) is 15.3 Å². The lowest BCUT2D eigenvalue weighted by atomic mass is 10.3. The van der Waals surface area contributed by atoms with Gasteiger partial charge in [0.15, 0.2) is 5.13 Å². The minimum atomic E-state index is 0.502. The summed E-state index contributed by atoms with van der Waals surface area (Å²) in [6, 6.07) is 3.69. The van der Waals surface area contributed by atoms with Crippen molar-refractivity contribution in [2.24, 2.45) is 0 Å². The van der Waals surface area contributed by atoms with Crippen LogP contribution >= 0.6 is 34.7 Å². The lowest BCUT2D eigenvalue weighted by Crippen LogP contribution is -2.02. The molecule has 3 rings (SSSR count). The third-order valence-corrected chi connectivity index (χ3v) is 4.99. The number of aryl methyl sites for hydroxylation is 1. The van der Waals surface area contributed by atoms with Crippen LogP contribution in [-0.4, -0.2) is 15.8 Å². The van der Waals surface area contributed by atoms with Gasteiger partial charge in [0.2, 0.25) is 0 Å². The molecular formula is C13H13ClN4S2. The predicted molar refractivity (Wildman–Crippen MR) is 87.6 cm³/mol. The van der Waals surface area contributed by atoms with E-state index in [4.69, 9.17) is 11.6 Å². The maximum absolute atomic E-state index is 5.86. The van der Waals surface area contributed by atoms with Crippen molar-refractivity contribution in [3.05, 3.63) is 39.8 Å². The van der Waals surface area contributed by atoms with Crippen LogP contribution in [0.3, 0.4) is 0 Å². The monoisotopic (exact) mass is 324 g/mol. The predicted octanol–water partition coefficient (Wildman–Crippen LogP) is 4.23. The molecule has 7 heteroatoms. The lowest BCUT2D eigenvalue weighted by molar-refractivity contribution is 0.985. The van der Waals surface area contributed by atoms with Crippen molar-refractivity contribution in [1.29, 1.82) is 0 Å². The van der Waals surface area contributed by atoms with Gasteiger partial charge < -0.3 is 10.6 Å². The number of anilines is 2. The van der Waals surface area contributed by atoms with E-state index in [1.54, 1.807) is 29.2 Å². The summed E-state index contributed by atoms with van der Waals surface area (Å²) in [6.07, 6.45) is 0. The molecule has 0 bridgehead atoms. The van der Waals surface area contributed by atoms with Gasteiger partial charge >= 0.3 is 0 Å². The number of pyridine rings is 1. The number of rotatable bonds is 3. The zero-order chi connectivity index (χ0) is 14.1. The highest BCUT2D eigenvalue weighted by Gasteiger charge is 2.16. The summed E-state index contributed by atoms with van der Waals surface area (Å²) in [5.41, 5.74) is 4.00. The minimum Gasteiger partial charge on any atom is -0.378 e. The molecule has 0 aliphatic carbocycles. The highest BCUT2D eigenvalue weighted by atomic mass is 35.5.